The van der Waals surface area contributed by atoms with Gasteiger partial charge in [-0.3, -0.25) is 0 Å². The third-order valence-corrected chi connectivity index (χ3v) is 2.95. The van der Waals surface area contributed by atoms with Crippen molar-refractivity contribution >= 4 is 17.3 Å². The molecular formula is C12H11NO3S. The number of pyridine rings is 1. The van der Waals surface area contributed by atoms with Crippen molar-refractivity contribution in [2.75, 3.05) is 7.11 Å². The summed E-state index contributed by atoms with van der Waals surface area (Å²) < 4.78 is 10.1. The van der Waals surface area contributed by atoms with Gasteiger partial charge in [-0.05, 0) is 17.5 Å². The lowest BCUT2D eigenvalue weighted by molar-refractivity contribution is 0.0600. The van der Waals surface area contributed by atoms with Gasteiger partial charge < -0.3 is 9.47 Å². The summed E-state index contributed by atoms with van der Waals surface area (Å²) in [6.45, 7) is 0.454. The number of hydrogen-bond donors (Lipinski definition) is 0. The monoisotopic (exact) mass is 249 g/mol. The summed E-state index contributed by atoms with van der Waals surface area (Å²) in [7, 11) is 1.34. The maximum absolute atomic E-state index is 11.3. The number of aromatic nitrogens is 1. The Bertz CT molecular complexity index is 496. The van der Waals surface area contributed by atoms with Gasteiger partial charge in [0.15, 0.2) is 0 Å². The molecule has 2 aromatic rings. The van der Waals surface area contributed by atoms with Gasteiger partial charge in [-0.2, -0.15) is 0 Å². The van der Waals surface area contributed by atoms with E-state index in [9.17, 15) is 4.79 Å². The van der Waals surface area contributed by atoms with Gasteiger partial charge in [0.25, 0.3) is 0 Å². The molecule has 2 aromatic heterocycles. The minimum Gasteiger partial charge on any atom is -0.472 e. The third-order valence-electron chi connectivity index (χ3n) is 2.10. The standard InChI is InChI=1S/C12H11NO3S/c1-15-12(14)9-4-5-13-11(7-9)16-8-10-3-2-6-17-10/h2-7H,8H2,1H3. The maximum Gasteiger partial charge on any atom is 0.338 e. The van der Waals surface area contributed by atoms with E-state index in [2.05, 4.69) is 9.72 Å². The fourth-order valence-electron chi connectivity index (χ4n) is 1.27. The number of methoxy groups -OCH3 is 1. The van der Waals surface area contributed by atoms with Gasteiger partial charge in [0.2, 0.25) is 5.88 Å². The molecule has 0 saturated heterocycles. The molecule has 0 saturated carbocycles. The minimum absolute atomic E-state index is 0.395. The van der Waals surface area contributed by atoms with Gasteiger partial charge in [0, 0.05) is 17.1 Å². The van der Waals surface area contributed by atoms with Crippen molar-refractivity contribution in [3.8, 4) is 5.88 Å². The van der Waals surface area contributed by atoms with E-state index in [1.54, 1.807) is 23.5 Å². The van der Waals surface area contributed by atoms with Crippen LogP contribution in [0.3, 0.4) is 0 Å². The molecule has 0 N–H and O–H groups in total. The van der Waals surface area contributed by atoms with Gasteiger partial charge in [-0.15, -0.1) is 11.3 Å². The first-order valence-corrected chi connectivity index (χ1v) is 5.87. The Morgan fingerprint density at radius 3 is 3.06 bits per heavy atom. The highest BCUT2D eigenvalue weighted by Crippen LogP contribution is 2.14. The smallest absolute Gasteiger partial charge is 0.338 e. The molecule has 0 aliphatic rings. The fourth-order valence-corrected chi connectivity index (χ4v) is 1.89. The summed E-state index contributed by atoms with van der Waals surface area (Å²) in [6, 6.07) is 7.10. The molecule has 0 fully saturated rings. The molecule has 0 aliphatic carbocycles. The second-order valence-corrected chi connectivity index (χ2v) is 4.27. The van der Waals surface area contributed by atoms with Crippen LogP contribution in [0.4, 0.5) is 0 Å². The zero-order chi connectivity index (χ0) is 12.1. The van der Waals surface area contributed by atoms with Crippen LogP contribution in [-0.2, 0) is 11.3 Å². The maximum atomic E-state index is 11.3. The lowest BCUT2D eigenvalue weighted by Crippen LogP contribution is -2.03. The average Bonchev–Trinajstić information content (AvgIpc) is 2.89. The van der Waals surface area contributed by atoms with Crippen LogP contribution in [0.15, 0.2) is 35.8 Å². The van der Waals surface area contributed by atoms with E-state index in [0.29, 0.717) is 18.1 Å². The number of hydrogen-bond acceptors (Lipinski definition) is 5. The Labute approximate surface area is 103 Å². The summed E-state index contributed by atoms with van der Waals surface area (Å²) in [5.41, 5.74) is 0.434. The zero-order valence-corrected chi connectivity index (χ0v) is 10.1. The van der Waals surface area contributed by atoms with Gasteiger partial charge in [0.1, 0.15) is 6.61 Å². The number of thiophene rings is 1. The summed E-state index contributed by atoms with van der Waals surface area (Å²) >= 11 is 1.61. The van der Waals surface area contributed by atoms with Crippen LogP contribution in [-0.4, -0.2) is 18.1 Å². The molecular weight excluding hydrogens is 238 g/mol. The Balaban J connectivity index is 2.03. The molecule has 17 heavy (non-hydrogen) atoms. The molecule has 0 unspecified atom stereocenters. The number of carbonyl (C=O) groups is 1. The SMILES string of the molecule is COC(=O)c1ccnc(OCc2cccs2)c1. The van der Waals surface area contributed by atoms with E-state index >= 15 is 0 Å². The Morgan fingerprint density at radius 2 is 2.35 bits per heavy atom. The van der Waals surface area contributed by atoms with E-state index in [1.165, 1.54) is 13.3 Å². The molecule has 0 radical (unpaired) electrons. The van der Waals surface area contributed by atoms with Crippen LogP contribution in [0.2, 0.25) is 0 Å². The highest BCUT2D eigenvalue weighted by atomic mass is 32.1. The summed E-state index contributed by atoms with van der Waals surface area (Å²) in [5, 5.41) is 1.98. The summed E-state index contributed by atoms with van der Waals surface area (Å²) in [6.07, 6.45) is 1.52. The number of ether oxygens (including phenoxy) is 2. The van der Waals surface area contributed by atoms with Crippen molar-refractivity contribution in [2.24, 2.45) is 0 Å². The van der Waals surface area contributed by atoms with Gasteiger partial charge >= 0.3 is 5.97 Å². The van der Waals surface area contributed by atoms with E-state index in [4.69, 9.17) is 4.74 Å². The average molecular weight is 249 g/mol. The topological polar surface area (TPSA) is 48.4 Å². The first kappa shape index (κ1) is 11.6. The molecule has 0 spiro atoms. The largest absolute Gasteiger partial charge is 0.472 e. The van der Waals surface area contributed by atoms with Crippen LogP contribution in [0.25, 0.3) is 0 Å². The van der Waals surface area contributed by atoms with E-state index < -0.39 is 5.97 Å². The molecule has 0 aliphatic heterocycles. The second-order valence-electron chi connectivity index (χ2n) is 3.24. The summed E-state index contributed by atoms with van der Waals surface area (Å²) in [5.74, 6) is 0.0228. The number of esters is 1. The molecule has 0 aromatic carbocycles. The molecule has 88 valence electrons. The van der Waals surface area contributed by atoms with Gasteiger partial charge in [0.05, 0.1) is 12.7 Å². The molecule has 2 heterocycles. The second kappa shape index (κ2) is 5.45. The Kier molecular flexibility index (Phi) is 3.72. The molecule has 0 atom stereocenters. The van der Waals surface area contributed by atoms with Crippen LogP contribution >= 0.6 is 11.3 Å². The van der Waals surface area contributed by atoms with Crippen molar-refractivity contribution in [1.29, 1.82) is 0 Å². The molecule has 0 amide bonds. The lowest BCUT2D eigenvalue weighted by atomic mass is 10.3. The molecule has 2 rings (SSSR count). The predicted molar refractivity (Wildman–Crippen MR) is 64.2 cm³/mol. The number of rotatable bonds is 4. The molecule has 5 heteroatoms. The third kappa shape index (κ3) is 3.04. The summed E-state index contributed by atoms with van der Waals surface area (Å²) in [4.78, 5) is 16.4. The molecule has 4 nitrogen and oxygen atoms in total. The van der Waals surface area contributed by atoms with Crippen LogP contribution < -0.4 is 4.74 Å². The van der Waals surface area contributed by atoms with E-state index in [0.717, 1.165) is 4.88 Å². The lowest BCUT2D eigenvalue weighted by Gasteiger charge is -2.04. The zero-order valence-electron chi connectivity index (χ0n) is 9.25. The number of carbonyl (C=O) groups excluding carboxylic acids is 1. The fraction of sp³-hybridized carbons (Fsp3) is 0.167. The van der Waals surface area contributed by atoms with Crippen molar-refractivity contribution < 1.29 is 14.3 Å². The van der Waals surface area contributed by atoms with Crippen molar-refractivity contribution in [1.82, 2.24) is 4.98 Å². The molecule has 0 bridgehead atoms. The highest BCUT2D eigenvalue weighted by Gasteiger charge is 2.07. The van der Waals surface area contributed by atoms with E-state index in [-0.39, 0.29) is 0 Å². The van der Waals surface area contributed by atoms with Crippen LogP contribution in [0.1, 0.15) is 15.2 Å². The first-order chi connectivity index (χ1) is 8.29. The van der Waals surface area contributed by atoms with Gasteiger partial charge in [-0.1, -0.05) is 6.07 Å². The number of nitrogens with zero attached hydrogens (tertiary/aromatic N) is 1. The van der Waals surface area contributed by atoms with Crippen molar-refractivity contribution in [3.63, 3.8) is 0 Å². The van der Waals surface area contributed by atoms with Crippen LogP contribution in [0.5, 0.6) is 5.88 Å². The van der Waals surface area contributed by atoms with Crippen molar-refractivity contribution in [2.45, 2.75) is 6.61 Å². The normalized spacial score (nSPS) is 9.94. The Hall–Kier alpha value is -1.88. The van der Waals surface area contributed by atoms with Gasteiger partial charge in [-0.25, -0.2) is 9.78 Å². The van der Waals surface area contributed by atoms with Crippen molar-refractivity contribution in [3.05, 3.63) is 46.3 Å². The first-order valence-electron chi connectivity index (χ1n) is 4.99. The Morgan fingerprint density at radius 1 is 1.47 bits per heavy atom. The highest BCUT2D eigenvalue weighted by molar-refractivity contribution is 7.09. The van der Waals surface area contributed by atoms with E-state index in [1.807, 2.05) is 17.5 Å². The minimum atomic E-state index is -0.395. The predicted octanol–water partition coefficient (Wildman–Crippen LogP) is 2.51. The van der Waals surface area contributed by atoms with Crippen LogP contribution in [0, 0.1) is 0 Å². The quantitative estimate of drug-likeness (QED) is 0.781.